The van der Waals surface area contributed by atoms with E-state index in [1.165, 1.54) is 0 Å². The van der Waals surface area contributed by atoms with Gasteiger partial charge >= 0.3 is 5.97 Å². The van der Waals surface area contributed by atoms with Crippen molar-refractivity contribution in [3.05, 3.63) is 30.1 Å². The van der Waals surface area contributed by atoms with E-state index in [-0.39, 0.29) is 12.5 Å². The van der Waals surface area contributed by atoms with Crippen molar-refractivity contribution in [3.63, 3.8) is 0 Å². The third kappa shape index (κ3) is 3.36. The number of hydrogen-bond acceptors (Lipinski definition) is 4. The van der Waals surface area contributed by atoms with Gasteiger partial charge in [0, 0.05) is 0 Å². The van der Waals surface area contributed by atoms with Gasteiger partial charge in [-0.05, 0) is 32.6 Å². The molecule has 0 aliphatic heterocycles. The van der Waals surface area contributed by atoms with Crippen molar-refractivity contribution in [1.82, 2.24) is 14.5 Å². The maximum absolute atomic E-state index is 11.9. The molecule has 0 spiro atoms. The molecule has 1 aromatic heterocycles. The highest BCUT2D eigenvalue weighted by molar-refractivity contribution is 5.78. The first kappa shape index (κ1) is 14.5. The van der Waals surface area contributed by atoms with Crippen molar-refractivity contribution in [2.75, 3.05) is 20.7 Å². The quantitative estimate of drug-likeness (QED) is 0.757. The van der Waals surface area contributed by atoms with Crippen LogP contribution >= 0.6 is 0 Å². The Morgan fingerprint density at radius 2 is 2.10 bits per heavy atom. The van der Waals surface area contributed by atoms with Gasteiger partial charge in [-0.2, -0.15) is 0 Å². The van der Waals surface area contributed by atoms with Gasteiger partial charge in [-0.15, -0.1) is 0 Å². The van der Waals surface area contributed by atoms with Crippen LogP contribution in [0.25, 0.3) is 11.0 Å². The fourth-order valence-corrected chi connectivity index (χ4v) is 2.10. The van der Waals surface area contributed by atoms with Crippen molar-refractivity contribution < 1.29 is 9.53 Å². The third-order valence-corrected chi connectivity index (χ3v) is 2.95. The molecule has 0 bridgehead atoms. The zero-order valence-electron chi connectivity index (χ0n) is 12.3. The van der Waals surface area contributed by atoms with Crippen molar-refractivity contribution in [2.45, 2.75) is 26.4 Å². The Hall–Kier alpha value is -1.88. The molecule has 0 aliphatic carbocycles. The molecular formula is C15H21N3O2. The van der Waals surface area contributed by atoms with Crippen LogP contribution in [-0.4, -0.2) is 41.1 Å². The van der Waals surface area contributed by atoms with Gasteiger partial charge < -0.3 is 14.2 Å². The zero-order chi connectivity index (χ0) is 14.5. The number of ether oxygens (including phenoxy) is 1. The van der Waals surface area contributed by atoms with Crippen LogP contribution in [-0.2, 0) is 22.6 Å². The van der Waals surface area contributed by atoms with Gasteiger partial charge in [0.1, 0.15) is 12.4 Å². The van der Waals surface area contributed by atoms with Gasteiger partial charge in [-0.25, -0.2) is 4.98 Å². The highest BCUT2D eigenvalue weighted by atomic mass is 16.5. The Labute approximate surface area is 119 Å². The van der Waals surface area contributed by atoms with Crippen molar-refractivity contribution >= 4 is 17.0 Å². The van der Waals surface area contributed by atoms with Crippen molar-refractivity contribution in [3.8, 4) is 0 Å². The topological polar surface area (TPSA) is 47.4 Å². The third-order valence-electron chi connectivity index (χ3n) is 2.95. The molecule has 0 saturated heterocycles. The first-order chi connectivity index (χ1) is 9.61. The summed E-state index contributed by atoms with van der Waals surface area (Å²) in [6.45, 7) is 3.35. The number of benzene rings is 1. The van der Waals surface area contributed by atoms with Crippen LogP contribution in [0.4, 0.5) is 0 Å². The standard InChI is InChI=1S/C15H21N3O2/c1-4-9-20-15(19)11-18-13-8-6-5-7-12(13)16-14(18)10-17(2)3/h5-8H,4,9-11H2,1-3H3. The molecule has 5 nitrogen and oxygen atoms in total. The molecule has 0 aliphatic rings. The summed E-state index contributed by atoms with van der Waals surface area (Å²) in [5.74, 6) is 0.666. The number of carbonyl (C=O) groups is 1. The fraction of sp³-hybridized carbons (Fsp3) is 0.467. The van der Waals surface area contributed by atoms with Gasteiger partial charge in [0.25, 0.3) is 0 Å². The molecule has 1 aromatic carbocycles. The Morgan fingerprint density at radius 1 is 1.35 bits per heavy atom. The summed E-state index contributed by atoms with van der Waals surface area (Å²) in [5, 5.41) is 0. The SMILES string of the molecule is CCCOC(=O)Cn1c(CN(C)C)nc2ccccc21. The maximum atomic E-state index is 11.9. The minimum atomic E-state index is -0.213. The van der Waals surface area contributed by atoms with Gasteiger partial charge in [0.15, 0.2) is 0 Å². The monoisotopic (exact) mass is 275 g/mol. The van der Waals surface area contributed by atoms with Crippen LogP contribution in [0, 0.1) is 0 Å². The summed E-state index contributed by atoms with van der Waals surface area (Å²) in [6, 6.07) is 7.85. The highest BCUT2D eigenvalue weighted by Crippen LogP contribution is 2.17. The normalized spacial score (nSPS) is 11.2. The van der Waals surface area contributed by atoms with E-state index in [2.05, 4.69) is 4.98 Å². The Bertz CT molecular complexity index is 590. The predicted octanol–water partition coefficient (Wildman–Crippen LogP) is 2.05. The van der Waals surface area contributed by atoms with Crippen LogP contribution < -0.4 is 0 Å². The molecular weight excluding hydrogens is 254 g/mol. The molecule has 2 rings (SSSR count). The number of nitrogens with zero attached hydrogens (tertiary/aromatic N) is 3. The number of imidazole rings is 1. The van der Waals surface area contributed by atoms with Crippen LogP contribution in [0.15, 0.2) is 24.3 Å². The lowest BCUT2D eigenvalue weighted by Gasteiger charge is -2.12. The summed E-state index contributed by atoms with van der Waals surface area (Å²) < 4.78 is 7.11. The summed E-state index contributed by atoms with van der Waals surface area (Å²) in [6.07, 6.45) is 0.834. The lowest BCUT2D eigenvalue weighted by atomic mass is 10.3. The van der Waals surface area contributed by atoms with E-state index in [1.54, 1.807) is 0 Å². The molecule has 20 heavy (non-hydrogen) atoms. The maximum Gasteiger partial charge on any atom is 0.326 e. The second-order valence-electron chi connectivity index (χ2n) is 5.06. The molecule has 1 heterocycles. The largest absolute Gasteiger partial charge is 0.464 e. The van der Waals surface area contributed by atoms with Gasteiger partial charge in [-0.1, -0.05) is 19.1 Å². The number of esters is 1. The molecule has 2 aromatic rings. The van der Waals surface area contributed by atoms with Gasteiger partial charge in [0.2, 0.25) is 0 Å². The molecule has 0 fully saturated rings. The average molecular weight is 275 g/mol. The highest BCUT2D eigenvalue weighted by Gasteiger charge is 2.14. The van der Waals surface area contributed by atoms with Gasteiger partial charge in [0.05, 0.1) is 24.2 Å². The van der Waals surface area contributed by atoms with Crippen molar-refractivity contribution in [1.29, 1.82) is 0 Å². The summed E-state index contributed by atoms with van der Waals surface area (Å²) in [4.78, 5) is 18.5. The molecule has 0 radical (unpaired) electrons. The van der Waals surface area contributed by atoms with E-state index >= 15 is 0 Å². The summed E-state index contributed by atoms with van der Waals surface area (Å²) in [7, 11) is 3.97. The molecule has 0 unspecified atom stereocenters. The molecule has 0 amide bonds. The van der Waals surface area contributed by atoms with E-state index in [4.69, 9.17) is 4.74 Å². The van der Waals surface area contributed by atoms with E-state index < -0.39 is 0 Å². The number of aromatic nitrogens is 2. The number of para-hydroxylation sites is 2. The zero-order valence-corrected chi connectivity index (χ0v) is 12.3. The predicted molar refractivity (Wildman–Crippen MR) is 78.4 cm³/mol. The Kier molecular flexibility index (Phi) is 4.74. The summed E-state index contributed by atoms with van der Waals surface area (Å²) in [5.41, 5.74) is 1.88. The smallest absolute Gasteiger partial charge is 0.326 e. The molecule has 5 heteroatoms. The second kappa shape index (κ2) is 6.52. The Balaban J connectivity index is 2.30. The van der Waals surface area contributed by atoms with Gasteiger partial charge in [-0.3, -0.25) is 4.79 Å². The van der Waals surface area contributed by atoms with E-state index in [0.717, 1.165) is 23.3 Å². The van der Waals surface area contributed by atoms with Crippen LogP contribution in [0.1, 0.15) is 19.2 Å². The number of carbonyl (C=O) groups excluding carboxylic acids is 1. The lowest BCUT2D eigenvalue weighted by Crippen LogP contribution is -2.20. The first-order valence-corrected chi connectivity index (χ1v) is 6.86. The van der Waals surface area contributed by atoms with Crippen LogP contribution in [0.2, 0.25) is 0 Å². The number of fused-ring (bicyclic) bond motifs is 1. The summed E-state index contributed by atoms with van der Waals surface area (Å²) >= 11 is 0. The molecule has 0 saturated carbocycles. The van der Waals surface area contributed by atoms with E-state index in [9.17, 15) is 4.79 Å². The minimum absolute atomic E-state index is 0.212. The average Bonchev–Trinajstić information content (AvgIpc) is 2.74. The van der Waals surface area contributed by atoms with Crippen LogP contribution in [0.3, 0.4) is 0 Å². The fourth-order valence-electron chi connectivity index (χ4n) is 2.10. The number of hydrogen-bond donors (Lipinski definition) is 0. The number of rotatable bonds is 6. The molecule has 0 N–H and O–H groups in total. The Morgan fingerprint density at radius 3 is 2.80 bits per heavy atom. The van der Waals surface area contributed by atoms with E-state index in [0.29, 0.717) is 13.2 Å². The van der Waals surface area contributed by atoms with Crippen LogP contribution in [0.5, 0.6) is 0 Å². The minimum Gasteiger partial charge on any atom is -0.464 e. The molecule has 0 atom stereocenters. The lowest BCUT2D eigenvalue weighted by molar-refractivity contribution is -0.144. The van der Waals surface area contributed by atoms with Crippen molar-refractivity contribution in [2.24, 2.45) is 0 Å². The second-order valence-corrected chi connectivity index (χ2v) is 5.06. The first-order valence-electron chi connectivity index (χ1n) is 6.86. The molecule has 108 valence electrons. The van der Waals surface area contributed by atoms with E-state index in [1.807, 2.05) is 54.8 Å².